The van der Waals surface area contributed by atoms with Crippen LogP contribution in [0.5, 0.6) is 0 Å². The molecule has 2 amide bonds. The van der Waals surface area contributed by atoms with Crippen molar-refractivity contribution < 1.29 is 9.59 Å². The van der Waals surface area contributed by atoms with Gasteiger partial charge in [0.25, 0.3) is 0 Å². The third kappa shape index (κ3) is 6.18. The molecule has 0 unspecified atom stereocenters. The Morgan fingerprint density at radius 2 is 1.83 bits per heavy atom. The van der Waals surface area contributed by atoms with E-state index >= 15 is 0 Å². The minimum Gasteiger partial charge on any atom is -0.350 e. The quantitative estimate of drug-likeness (QED) is 0.762. The molecular formula is C22H30N4O2S. The minimum absolute atomic E-state index is 0.0329. The second-order valence-electron chi connectivity index (χ2n) is 8.54. The number of amides is 2. The Morgan fingerprint density at radius 3 is 2.52 bits per heavy atom. The van der Waals surface area contributed by atoms with E-state index in [4.69, 9.17) is 0 Å². The van der Waals surface area contributed by atoms with Gasteiger partial charge in [0.1, 0.15) is 0 Å². The lowest BCUT2D eigenvalue weighted by Gasteiger charge is -2.34. The fraction of sp³-hybridized carbons (Fsp3) is 0.500. The highest BCUT2D eigenvalue weighted by molar-refractivity contribution is 7.99. The largest absolute Gasteiger partial charge is 0.350 e. The Bertz CT molecular complexity index is 886. The zero-order valence-electron chi connectivity index (χ0n) is 17.7. The lowest BCUT2D eigenvalue weighted by Crippen LogP contribution is -2.53. The van der Waals surface area contributed by atoms with Gasteiger partial charge in [0, 0.05) is 37.1 Å². The average Bonchev–Trinajstić information content (AvgIpc) is 2.65. The summed E-state index contributed by atoms with van der Waals surface area (Å²) in [6.45, 7) is 11.2. The van der Waals surface area contributed by atoms with Gasteiger partial charge in [0.2, 0.25) is 11.8 Å². The summed E-state index contributed by atoms with van der Waals surface area (Å²) >= 11 is 1.49. The number of carbonyl (C=O) groups is 2. The number of rotatable bonds is 5. The molecule has 2 aromatic rings. The first-order valence-electron chi connectivity index (χ1n) is 10.0. The standard InChI is InChI=1S/C22H30N4O2S/c1-16-13-20(23-18-8-6-5-7-17(16)18)29-15-21(28)26-11-9-25(10-12-26)14-19(27)24-22(2,3)4/h5-8,13H,9-12,14-15H2,1-4H3,(H,24,27). The molecule has 29 heavy (non-hydrogen) atoms. The van der Waals surface area contributed by atoms with E-state index in [2.05, 4.69) is 28.2 Å². The van der Waals surface area contributed by atoms with E-state index < -0.39 is 0 Å². The van der Waals surface area contributed by atoms with Crippen molar-refractivity contribution >= 4 is 34.5 Å². The van der Waals surface area contributed by atoms with Gasteiger partial charge in [-0.2, -0.15) is 0 Å². The molecule has 1 aliphatic heterocycles. The van der Waals surface area contributed by atoms with Crippen molar-refractivity contribution in [2.75, 3.05) is 38.5 Å². The van der Waals surface area contributed by atoms with E-state index in [1.54, 1.807) is 0 Å². The molecule has 7 heteroatoms. The molecule has 0 radical (unpaired) electrons. The number of nitrogens with zero attached hydrogens (tertiary/aromatic N) is 3. The van der Waals surface area contributed by atoms with E-state index in [9.17, 15) is 9.59 Å². The van der Waals surface area contributed by atoms with Gasteiger partial charge in [-0.25, -0.2) is 4.98 Å². The number of hydrogen-bond acceptors (Lipinski definition) is 5. The summed E-state index contributed by atoms with van der Waals surface area (Å²) in [5, 5.41) is 5.01. The number of carbonyl (C=O) groups excluding carboxylic acids is 2. The van der Waals surface area contributed by atoms with E-state index in [0.717, 1.165) is 29.0 Å². The molecule has 0 spiro atoms. The zero-order valence-corrected chi connectivity index (χ0v) is 18.5. The maximum Gasteiger partial charge on any atom is 0.234 e. The first kappa shape index (κ1) is 21.6. The summed E-state index contributed by atoms with van der Waals surface area (Å²) in [5.41, 5.74) is 1.92. The van der Waals surface area contributed by atoms with Crippen LogP contribution in [-0.4, -0.2) is 70.6 Å². The second-order valence-corrected chi connectivity index (χ2v) is 9.53. The summed E-state index contributed by atoms with van der Waals surface area (Å²) < 4.78 is 0. The van der Waals surface area contributed by atoms with Crippen molar-refractivity contribution in [3.8, 4) is 0 Å². The zero-order chi connectivity index (χ0) is 21.0. The predicted molar refractivity (Wildman–Crippen MR) is 118 cm³/mol. The van der Waals surface area contributed by atoms with Gasteiger partial charge in [0.15, 0.2) is 0 Å². The Hall–Kier alpha value is -2.12. The molecule has 1 saturated heterocycles. The van der Waals surface area contributed by atoms with E-state index in [0.29, 0.717) is 25.4 Å². The van der Waals surface area contributed by atoms with E-state index in [1.807, 2.05) is 49.9 Å². The highest BCUT2D eigenvalue weighted by Gasteiger charge is 2.23. The van der Waals surface area contributed by atoms with Gasteiger partial charge in [-0.05, 0) is 45.4 Å². The lowest BCUT2D eigenvalue weighted by molar-refractivity contribution is -0.130. The van der Waals surface area contributed by atoms with Crippen LogP contribution in [0.15, 0.2) is 35.4 Å². The molecular weight excluding hydrogens is 384 g/mol. The monoisotopic (exact) mass is 414 g/mol. The van der Waals surface area contributed by atoms with E-state index in [-0.39, 0.29) is 17.4 Å². The molecule has 156 valence electrons. The predicted octanol–water partition coefficient (Wildman–Crippen LogP) is 2.69. The Balaban J connectivity index is 1.47. The number of thioether (sulfide) groups is 1. The highest BCUT2D eigenvalue weighted by Crippen LogP contribution is 2.24. The van der Waals surface area contributed by atoms with Crippen molar-refractivity contribution in [3.05, 3.63) is 35.9 Å². The van der Waals surface area contributed by atoms with Crippen molar-refractivity contribution in [2.24, 2.45) is 0 Å². The highest BCUT2D eigenvalue weighted by atomic mass is 32.2. The van der Waals surface area contributed by atoms with Crippen LogP contribution in [0, 0.1) is 6.92 Å². The summed E-state index contributed by atoms with van der Waals surface area (Å²) in [6, 6.07) is 10.1. The molecule has 0 atom stereocenters. The summed E-state index contributed by atoms with van der Waals surface area (Å²) in [6.07, 6.45) is 0. The van der Waals surface area contributed by atoms with Gasteiger partial charge in [-0.1, -0.05) is 30.0 Å². The van der Waals surface area contributed by atoms with Crippen LogP contribution in [0.2, 0.25) is 0 Å². The average molecular weight is 415 g/mol. The van der Waals surface area contributed by atoms with Crippen molar-refractivity contribution in [1.29, 1.82) is 0 Å². The number of para-hydroxylation sites is 1. The summed E-state index contributed by atoms with van der Waals surface area (Å²) in [4.78, 5) is 33.4. The van der Waals surface area contributed by atoms with Crippen molar-refractivity contribution in [2.45, 2.75) is 38.3 Å². The maximum absolute atomic E-state index is 12.6. The van der Waals surface area contributed by atoms with Crippen LogP contribution in [0.1, 0.15) is 26.3 Å². The fourth-order valence-corrected chi connectivity index (χ4v) is 4.31. The van der Waals surface area contributed by atoms with Gasteiger partial charge < -0.3 is 10.2 Å². The Kier molecular flexibility index (Phi) is 6.80. The van der Waals surface area contributed by atoms with Crippen molar-refractivity contribution in [1.82, 2.24) is 20.1 Å². The molecule has 1 aliphatic rings. The normalized spacial score (nSPS) is 15.5. The van der Waals surface area contributed by atoms with Crippen molar-refractivity contribution in [3.63, 3.8) is 0 Å². The van der Waals surface area contributed by atoms with Crippen LogP contribution in [0.4, 0.5) is 0 Å². The Labute approximate surface area is 177 Å². The van der Waals surface area contributed by atoms with Gasteiger partial charge in [0.05, 0.1) is 22.8 Å². The lowest BCUT2D eigenvalue weighted by atomic mass is 10.1. The molecule has 1 fully saturated rings. The number of nitrogens with one attached hydrogen (secondary N) is 1. The molecule has 0 aliphatic carbocycles. The van der Waals surface area contributed by atoms with E-state index in [1.165, 1.54) is 17.3 Å². The van der Waals surface area contributed by atoms with Crippen LogP contribution in [0.3, 0.4) is 0 Å². The van der Waals surface area contributed by atoms with Gasteiger partial charge in [-0.15, -0.1) is 0 Å². The smallest absolute Gasteiger partial charge is 0.234 e. The van der Waals surface area contributed by atoms with Crippen LogP contribution >= 0.6 is 11.8 Å². The second kappa shape index (κ2) is 9.13. The third-order valence-electron chi connectivity index (χ3n) is 4.85. The number of pyridine rings is 1. The molecule has 3 rings (SSSR count). The van der Waals surface area contributed by atoms with Crippen LogP contribution in [0.25, 0.3) is 10.9 Å². The Morgan fingerprint density at radius 1 is 1.14 bits per heavy atom. The number of benzene rings is 1. The van der Waals surface area contributed by atoms with Crippen LogP contribution in [-0.2, 0) is 9.59 Å². The summed E-state index contributed by atoms with van der Waals surface area (Å²) in [5.74, 6) is 0.543. The first-order valence-corrected chi connectivity index (χ1v) is 11.0. The minimum atomic E-state index is -0.221. The maximum atomic E-state index is 12.6. The molecule has 0 bridgehead atoms. The molecule has 0 saturated carbocycles. The molecule has 1 aromatic carbocycles. The van der Waals surface area contributed by atoms with Crippen LogP contribution < -0.4 is 5.32 Å². The number of piperazine rings is 1. The fourth-order valence-electron chi connectivity index (χ4n) is 3.44. The molecule has 1 aromatic heterocycles. The number of fused-ring (bicyclic) bond motifs is 1. The topological polar surface area (TPSA) is 65.5 Å². The SMILES string of the molecule is Cc1cc(SCC(=O)N2CCN(CC(=O)NC(C)(C)C)CC2)nc2ccccc12. The molecule has 1 N–H and O–H groups in total. The first-order chi connectivity index (χ1) is 13.7. The summed E-state index contributed by atoms with van der Waals surface area (Å²) in [7, 11) is 0. The van der Waals surface area contributed by atoms with Gasteiger partial charge in [-0.3, -0.25) is 14.5 Å². The molecule has 2 heterocycles. The van der Waals surface area contributed by atoms with Gasteiger partial charge >= 0.3 is 0 Å². The number of hydrogen-bond donors (Lipinski definition) is 1. The number of aromatic nitrogens is 1. The molecule has 6 nitrogen and oxygen atoms in total. The number of aryl methyl sites for hydroxylation is 1. The third-order valence-corrected chi connectivity index (χ3v) is 5.75.